The summed E-state index contributed by atoms with van der Waals surface area (Å²) in [4.78, 5) is 13.2. The van der Waals surface area contributed by atoms with Crippen molar-refractivity contribution in [3.63, 3.8) is 0 Å². The van der Waals surface area contributed by atoms with Crippen LogP contribution in [0.5, 0.6) is 5.75 Å². The van der Waals surface area contributed by atoms with Gasteiger partial charge in [-0.05, 0) is 48.7 Å². The Bertz CT molecular complexity index is 988. The second-order valence-corrected chi connectivity index (χ2v) is 9.12. The summed E-state index contributed by atoms with van der Waals surface area (Å²) in [6, 6.07) is 13.0. The van der Waals surface area contributed by atoms with Crippen molar-refractivity contribution in [1.29, 1.82) is 0 Å². The molecule has 0 saturated carbocycles. The van der Waals surface area contributed by atoms with E-state index in [2.05, 4.69) is 5.43 Å². The minimum Gasteiger partial charge on any atom is -0.497 e. The fourth-order valence-corrected chi connectivity index (χ4v) is 4.86. The molecule has 1 fully saturated rings. The Kier molecular flexibility index (Phi) is 7.23. The number of carbonyl (C=O) groups excluding carboxylic acids is 1. The predicted octanol–water partition coefficient (Wildman–Crippen LogP) is 5.46. The van der Waals surface area contributed by atoms with Crippen LogP contribution in [0.15, 0.2) is 47.6 Å². The third-order valence-electron chi connectivity index (χ3n) is 6.10. The Labute approximate surface area is 199 Å². The largest absolute Gasteiger partial charge is 0.497 e. The van der Waals surface area contributed by atoms with Crippen molar-refractivity contribution in [2.75, 3.05) is 25.2 Å². The zero-order valence-electron chi connectivity index (χ0n) is 18.4. The molecule has 2 aromatic carbocycles. The van der Waals surface area contributed by atoms with Crippen LogP contribution in [-0.4, -0.2) is 36.8 Å². The van der Waals surface area contributed by atoms with Crippen LogP contribution in [0.4, 0.5) is 5.69 Å². The van der Waals surface area contributed by atoms with Gasteiger partial charge in [0.2, 0.25) is 0 Å². The standard InChI is InChI=1S/C24H28Cl2N4O2/c1-16-22(24(31)28-29-13-5-3-4-6-14-29)27-30(21-12-9-18(25)15-20(21)26)23(16)17-7-10-19(32-2)11-8-17/h7-12,15-16,23H,3-6,13-14H2,1-2H3,(H,28,31)/t16?,23-/m0/s1. The molecule has 2 aromatic rings. The lowest BCUT2D eigenvalue weighted by atomic mass is 9.91. The van der Waals surface area contributed by atoms with Gasteiger partial charge in [0.15, 0.2) is 0 Å². The first kappa shape index (κ1) is 22.9. The maximum absolute atomic E-state index is 13.2. The molecule has 32 heavy (non-hydrogen) atoms. The van der Waals surface area contributed by atoms with Crippen molar-refractivity contribution < 1.29 is 9.53 Å². The first-order valence-electron chi connectivity index (χ1n) is 11.0. The van der Waals surface area contributed by atoms with Gasteiger partial charge >= 0.3 is 0 Å². The normalized spacial score (nSPS) is 21.8. The second kappa shape index (κ2) is 10.1. The number of anilines is 1. The fraction of sp³-hybridized carbons (Fsp3) is 0.417. The topological polar surface area (TPSA) is 57.2 Å². The Morgan fingerprint density at radius 1 is 1.06 bits per heavy atom. The number of methoxy groups -OCH3 is 1. The number of halogens is 2. The number of nitrogens with one attached hydrogen (secondary N) is 1. The van der Waals surface area contributed by atoms with Crippen molar-refractivity contribution in [2.45, 2.75) is 38.6 Å². The second-order valence-electron chi connectivity index (χ2n) is 8.27. The molecule has 1 saturated heterocycles. The number of rotatable bonds is 5. The van der Waals surface area contributed by atoms with Gasteiger partial charge in [0, 0.05) is 24.0 Å². The first-order chi connectivity index (χ1) is 15.5. The number of ether oxygens (including phenoxy) is 1. The molecule has 6 nitrogen and oxygen atoms in total. The highest BCUT2D eigenvalue weighted by Crippen LogP contribution is 2.42. The molecule has 170 valence electrons. The van der Waals surface area contributed by atoms with Crippen LogP contribution in [0.25, 0.3) is 0 Å². The molecule has 0 bridgehead atoms. The molecule has 2 heterocycles. The summed E-state index contributed by atoms with van der Waals surface area (Å²) < 4.78 is 5.31. The number of nitrogens with zero attached hydrogens (tertiary/aromatic N) is 3. The average molecular weight is 475 g/mol. The monoisotopic (exact) mass is 474 g/mol. The van der Waals surface area contributed by atoms with Gasteiger partial charge in [-0.3, -0.25) is 15.2 Å². The van der Waals surface area contributed by atoms with Gasteiger partial charge in [-0.15, -0.1) is 0 Å². The number of hydrazone groups is 1. The van der Waals surface area contributed by atoms with Gasteiger partial charge in [-0.25, -0.2) is 5.01 Å². The number of hydrogen-bond donors (Lipinski definition) is 1. The first-order valence-corrected chi connectivity index (χ1v) is 11.8. The van der Waals surface area contributed by atoms with E-state index < -0.39 is 0 Å². The SMILES string of the molecule is COc1ccc([C@@H]2C(C)C(C(=O)NN3CCCCCC3)=NN2c2ccc(Cl)cc2Cl)cc1. The maximum atomic E-state index is 13.2. The molecule has 1 N–H and O–H groups in total. The summed E-state index contributed by atoms with van der Waals surface area (Å²) in [5, 5.41) is 9.66. The molecule has 2 atom stereocenters. The zero-order valence-corrected chi connectivity index (χ0v) is 19.9. The smallest absolute Gasteiger partial charge is 0.282 e. The molecule has 4 rings (SSSR count). The summed E-state index contributed by atoms with van der Waals surface area (Å²) in [6.45, 7) is 3.75. The summed E-state index contributed by atoms with van der Waals surface area (Å²) >= 11 is 12.7. The van der Waals surface area contributed by atoms with Gasteiger partial charge in [0.05, 0.1) is 23.9 Å². The van der Waals surface area contributed by atoms with Crippen LogP contribution in [0.3, 0.4) is 0 Å². The summed E-state index contributed by atoms with van der Waals surface area (Å²) in [5.74, 6) is 0.461. The third kappa shape index (κ3) is 4.87. The highest BCUT2D eigenvalue weighted by molar-refractivity contribution is 6.41. The van der Waals surface area contributed by atoms with E-state index in [1.54, 1.807) is 19.2 Å². The van der Waals surface area contributed by atoms with Crippen molar-refractivity contribution in [1.82, 2.24) is 10.4 Å². The van der Waals surface area contributed by atoms with Gasteiger partial charge in [0.25, 0.3) is 5.91 Å². The predicted molar refractivity (Wildman–Crippen MR) is 129 cm³/mol. The van der Waals surface area contributed by atoms with E-state index in [0.29, 0.717) is 21.4 Å². The zero-order chi connectivity index (χ0) is 22.7. The molecule has 8 heteroatoms. The third-order valence-corrected chi connectivity index (χ3v) is 6.63. The van der Waals surface area contributed by atoms with E-state index in [0.717, 1.165) is 37.2 Å². The number of amides is 1. The highest BCUT2D eigenvalue weighted by atomic mass is 35.5. The minimum absolute atomic E-state index is 0.151. The van der Waals surface area contributed by atoms with Crippen molar-refractivity contribution >= 4 is 40.5 Å². The van der Waals surface area contributed by atoms with Crippen LogP contribution in [0, 0.1) is 5.92 Å². The van der Waals surface area contributed by atoms with Crippen LogP contribution in [-0.2, 0) is 4.79 Å². The average Bonchev–Trinajstić information content (AvgIpc) is 2.94. The molecule has 0 radical (unpaired) electrons. The Balaban J connectivity index is 1.66. The number of hydrazine groups is 1. The lowest BCUT2D eigenvalue weighted by Gasteiger charge is -2.28. The summed E-state index contributed by atoms with van der Waals surface area (Å²) in [7, 11) is 1.64. The highest BCUT2D eigenvalue weighted by Gasteiger charge is 2.40. The lowest BCUT2D eigenvalue weighted by Crippen LogP contribution is -2.46. The Morgan fingerprint density at radius 3 is 2.38 bits per heavy atom. The summed E-state index contributed by atoms with van der Waals surface area (Å²) in [5.41, 5.74) is 5.30. The van der Waals surface area contributed by atoms with E-state index in [1.807, 2.05) is 47.3 Å². The van der Waals surface area contributed by atoms with E-state index in [-0.39, 0.29) is 17.9 Å². The minimum atomic E-state index is -0.190. The van der Waals surface area contributed by atoms with Gasteiger partial charge in [-0.1, -0.05) is 55.1 Å². The molecule has 1 unspecified atom stereocenters. The number of carbonyl (C=O) groups is 1. The Hall–Kier alpha value is -2.28. The quantitative estimate of drug-likeness (QED) is 0.624. The maximum Gasteiger partial charge on any atom is 0.282 e. The molecule has 2 aliphatic heterocycles. The molecular weight excluding hydrogens is 447 g/mol. The van der Waals surface area contributed by atoms with Crippen molar-refractivity contribution in [2.24, 2.45) is 11.0 Å². The van der Waals surface area contributed by atoms with Gasteiger partial charge in [-0.2, -0.15) is 5.10 Å². The van der Waals surface area contributed by atoms with E-state index in [4.69, 9.17) is 33.0 Å². The van der Waals surface area contributed by atoms with Crippen LogP contribution >= 0.6 is 23.2 Å². The van der Waals surface area contributed by atoms with Crippen LogP contribution in [0.2, 0.25) is 10.0 Å². The van der Waals surface area contributed by atoms with Crippen molar-refractivity contribution in [3.05, 3.63) is 58.1 Å². The van der Waals surface area contributed by atoms with E-state index >= 15 is 0 Å². The molecular formula is C24H28Cl2N4O2. The Morgan fingerprint density at radius 2 is 1.75 bits per heavy atom. The van der Waals surface area contributed by atoms with Crippen LogP contribution in [0.1, 0.15) is 44.2 Å². The molecule has 0 aromatic heterocycles. The summed E-state index contributed by atoms with van der Waals surface area (Å²) in [6.07, 6.45) is 4.57. The molecule has 1 amide bonds. The molecule has 2 aliphatic rings. The van der Waals surface area contributed by atoms with Crippen LogP contribution < -0.4 is 15.2 Å². The van der Waals surface area contributed by atoms with Gasteiger partial charge < -0.3 is 4.74 Å². The molecule has 0 spiro atoms. The number of hydrogen-bond acceptors (Lipinski definition) is 5. The van der Waals surface area contributed by atoms with E-state index in [9.17, 15) is 4.79 Å². The van der Waals surface area contributed by atoms with Gasteiger partial charge in [0.1, 0.15) is 11.5 Å². The van der Waals surface area contributed by atoms with E-state index in [1.165, 1.54) is 12.8 Å². The molecule has 0 aliphatic carbocycles. The lowest BCUT2D eigenvalue weighted by molar-refractivity contribution is -0.119. The van der Waals surface area contributed by atoms with Crippen molar-refractivity contribution in [3.8, 4) is 5.75 Å². The fourth-order valence-electron chi connectivity index (χ4n) is 4.37. The number of benzene rings is 2.